The summed E-state index contributed by atoms with van der Waals surface area (Å²) in [6.07, 6.45) is 3.41. The molecule has 0 aromatic heterocycles. The molecule has 1 amide bonds. The molecular weight excluding hydrogens is 206 g/mol. The van der Waals surface area contributed by atoms with Crippen molar-refractivity contribution in [2.45, 2.75) is 26.3 Å². The Bertz CT molecular complexity index is 252. The van der Waals surface area contributed by atoms with E-state index in [0.717, 1.165) is 0 Å². The van der Waals surface area contributed by atoms with Crippen LogP contribution >= 0.6 is 0 Å². The van der Waals surface area contributed by atoms with Crippen LogP contribution in [-0.2, 0) is 9.59 Å². The van der Waals surface area contributed by atoms with E-state index in [2.05, 4.69) is 10.6 Å². The maximum Gasteiger partial charge on any atom is 0.243 e. The van der Waals surface area contributed by atoms with Gasteiger partial charge in [-0.3, -0.25) is 9.59 Å². The minimum absolute atomic E-state index is 0.102. The Morgan fingerprint density at radius 2 is 2.06 bits per heavy atom. The quantitative estimate of drug-likeness (QED) is 0.491. The van der Waals surface area contributed by atoms with Gasteiger partial charge < -0.3 is 16.4 Å². The van der Waals surface area contributed by atoms with Gasteiger partial charge in [0.1, 0.15) is 0 Å². The van der Waals surface area contributed by atoms with Crippen molar-refractivity contribution in [3.05, 3.63) is 12.2 Å². The highest BCUT2D eigenvalue weighted by atomic mass is 16.1. The lowest BCUT2D eigenvalue weighted by atomic mass is 10.1. The Hall–Kier alpha value is -1.20. The van der Waals surface area contributed by atoms with E-state index < -0.39 is 0 Å². The summed E-state index contributed by atoms with van der Waals surface area (Å²) in [6.45, 7) is 5.08. The van der Waals surface area contributed by atoms with Crippen LogP contribution in [0.25, 0.3) is 0 Å². The molecule has 0 aromatic rings. The van der Waals surface area contributed by atoms with E-state index in [1.165, 1.54) is 6.08 Å². The number of ketones is 1. The number of rotatable bonds is 8. The molecule has 0 fully saturated rings. The summed E-state index contributed by atoms with van der Waals surface area (Å²) in [7, 11) is 0. The van der Waals surface area contributed by atoms with E-state index in [1.54, 1.807) is 6.08 Å². The van der Waals surface area contributed by atoms with Crippen molar-refractivity contribution in [1.29, 1.82) is 0 Å². The fourth-order valence-corrected chi connectivity index (χ4v) is 1.23. The first-order valence-electron chi connectivity index (χ1n) is 5.56. The molecule has 0 spiro atoms. The molecule has 0 heterocycles. The molecular formula is C11H21N3O2. The average Bonchev–Trinajstić information content (AvgIpc) is 2.30. The second-order valence-electron chi connectivity index (χ2n) is 3.31. The molecule has 0 saturated carbocycles. The number of carbonyl (C=O) groups excluding carboxylic acids is 2. The number of hydrogen-bond donors (Lipinski definition) is 3. The first-order valence-corrected chi connectivity index (χ1v) is 5.56. The fraction of sp³-hybridized carbons (Fsp3) is 0.636. The Morgan fingerprint density at radius 1 is 1.38 bits per heavy atom. The van der Waals surface area contributed by atoms with Gasteiger partial charge in [0.2, 0.25) is 5.91 Å². The molecule has 4 N–H and O–H groups in total. The van der Waals surface area contributed by atoms with E-state index in [-0.39, 0.29) is 17.7 Å². The van der Waals surface area contributed by atoms with Crippen LogP contribution in [0.5, 0.6) is 0 Å². The Balaban J connectivity index is 4.06. The van der Waals surface area contributed by atoms with Crippen LogP contribution in [0.2, 0.25) is 0 Å². The second kappa shape index (κ2) is 9.06. The molecule has 0 rings (SSSR count). The number of hydrogen-bond acceptors (Lipinski definition) is 4. The smallest absolute Gasteiger partial charge is 0.243 e. The predicted octanol–water partition coefficient (Wildman–Crippen LogP) is -0.425. The molecule has 1 atom stereocenters. The zero-order valence-corrected chi connectivity index (χ0v) is 9.95. The van der Waals surface area contributed by atoms with Crippen molar-refractivity contribution in [1.82, 2.24) is 10.6 Å². The molecule has 0 bridgehead atoms. The standard InChI is InChI=1S/C11H21N3O2/c1-3-10(15)9(13-4-2)8-14-11(16)6-5-7-12/h5-6,9,13H,3-4,7-8,12H2,1-2H3,(H,14,16)/b6-5+. The summed E-state index contributed by atoms with van der Waals surface area (Å²) in [5.41, 5.74) is 5.22. The minimum atomic E-state index is -0.301. The van der Waals surface area contributed by atoms with Crippen LogP contribution in [0.3, 0.4) is 0 Å². The van der Waals surface area contributed by atoms with E-state index in [0.29, 0.717) is 26.1 Å². The highest BCUT2D eigenvalue weighted by molar-refractivity contribution is 5.89. The first kappa shape index (κ1) is 14.8. The third-order valence-electron chi connectivity index (χ3n) is 2.07. The van der Waals surface area contributed by atoms with Gasteiger partial charge in [0.05, 0.1) is 6.04 Å². The maximum atomic E-state index is 11.5. The average molecular weight is 227 g/mol. The molecule has 5 heteroatoms. The molecule has 0 radical (unpaired) electrons. The van der Waals surface area contributed by atoms with Gasteiger partial charge in [0, 0.05) is 25.6 Å². The van der Waals surface area contributed by atoms with Crippen molar-refractivity contribution in [2.24, 2.45) is 5.73 Å². The number of nitrogens with two attached hydrogens (primary N) is 1. The molecule has 5 nitrogen and oxygen atoms in total. The third kappa shape index (κ3) is 6.31. The molecule has 0 aromatic carbocycles. The summed E-state index contributed by atoms with van der Waals surface area (Å²) in [4.78, 5) is 22.7. The van der Waals surface area contributed by atoms with Crippen molar-refractivity contribution in [3.8, 4) is 0 Å². The van der Waals surface area contributed by atoms with Crippen LogP contribution in [0.1, 0.15) is 20.3 Å². The summed E-state index contributed by atoms with van der Waals surface area (Å²) >= 11 is 0. The van der Waals surface area contributed by atoms with Crippen LogP contribution in [0.15, 0.2) is 12.2 Å². The van der Waals surface area contributed by atoms with Gasteiger partial charge in [0.25, 0.3) is 0 Å². The Morgan fingerprint density at radius 3 is 2.56 bits per heavy atom. The largest absolute Gasteiger partial charge is 0.351 e. The van der Waals surface area contributed by atoms with Crippen molar-refractivity contribution in [2.75, 3.05) is 19.6 Å². The summed E-state index contributed by atoms with van der Waals surface area (Å²) < 4.78 is 0. The zero-order valence-electron chi connectivity index (χ0n) is 9.95. The number of nitrogens with one attached hydrogen (secondary N) is 2. The van der Waals surface area contributed by atoms with Crippen LogP contribution < -0.4 is 16.4 Å². The zero-order chi connectivity index (χ0) is 12.4. The van der Waals surface area contributed by atoms with Crippen molar-refractivity contribution < 1.29 is 9.59 Å². The van der Waals surface area contributed by atoms with Gasteiger partial charge >= 0.3 is 0 Å². The monoisotopic (exact) mass is 227 g/mol. The van der Waals surface area contributed by atoms with Gasteiger partial charge in [-0.2, -0.15) is 0 Å². The number of likely N-dealkylation sites (N-methyl/N-ethyl adjacent to an activating group) is 1. The van der Waals surface area contributed by atoms with Crippen LogP contribution in [-0.4, -0.2) is 37.4 Å². The number of amides is 1. The van der Waals surface area contributed by atoms with Crippen LogP contribution in [0.4, 0.5) is 0 Å². The summed E-state index contributed by atoms with van der Waals surface area (Å²) in [5, 5.41) is 5.68. The van der Waals surface area contributed by atoms with Gasteiger partial charge in [0.15, 0.2) is 5.78 Å². The highest BCUT2D eigenvalue weighted by Crippen LogP contribution is 1.90. The Kier molecular flexibility index (Phi) is 8.38. The van der Waals surface area contributed by atoms with Gasteiger partial charge in [-0.1, -0.05) is 19.9 Å². The second-order valence-corrected chi connectivity index (χ2v) is 3.31. The number of Topliss-reactive ketones (excluding diaryl/α,β-unsaturated/α-hetero) is 1. The number of carbonyl (C=O) groups is 2. The van der Waals surface area contributed by atoms with Gasteiger partial charge in [-0.25, -0.2) is 0 Å². The maximum absolute atomic E-state index is 11.5. The fourth-order valence-electron chi connectivity index (χ4n) is 1.23. The summed E-state index contributed by atoms with van der Waals surface area (Å²) in [6, 6.07) is -0.301. The SMILES string of the molecule is CCNC(CNC(=O)/C=C/CN)C(=O)CC. The Labute approximate surface area is 96.5 Å². The van der Waals surface area contributed by atoms with E-state index in [4.69, 9.17) is 5.73 Å². The van der Waals surface area contributed by atoms with Gasteiger partial charge in [-0.05, 0) is 6.54 Å². The molecule has 16 heavy (non-hydrogen) atoms. The lowest BCUT2D eigenvalue weighted by Gasteiger charge is -2.15. The lowest BCUT2D eigenvalue weighted by Crippen LogP contribution is -2.45. The molecule has 0 aliphatic rings. The predicted molar refractivity (Wildman–Crippen MR) is 64.0 cm³/mol. The highest BCUT2D eigenvalue weighted by Gasteiger charge is 2.15. The lowest BCUT2D eigenvalue weighted by molar-refractivity contribution is -0.121. The minimum Gasteiger partial charge on any atom is -0.351 e. The van der Waals surface area contributed by atoms with Crippen molar-refractivity contribution >= 4 is 11.7 Å². The molecule has 1 unspecified atom stereocenters. The van der Waals surface area contributed by atoms with Crippen molar-refractivity contribution in [3.63, 3.8) is 0 Å². The molecule has 0 saturated heterocycles. The first-order chi connectivity index (χ1) is 7.65. The van der Waals surface area contributed by atoms with E-state index in [1.807, 2.05) is 13.8 Å². The van der Waals surface area contributed by atoms with Crippen LogP contribution in [0, 0.1) is 0 Å². The summed E-state index contributed by atoms with van der Waals surface area (Å²) in [5.74, 6) is -0.123. The third-order valence-corrected chi connectivity index (χ3v) is 2.07. The topological polar surface area (TPSA) is 84.2 Å². The normalized spacial score (nSPS) is 12.7. The molecule has 0 aliphatic heterocycles. The van der Waals surface area contributed by atoms with Gasteiger partial charge in [-0.15, -0.1) is 0 Å². The van der Waals surface area contributed by atoms with E-state index in [9.17, 15) is 9.59 Å². The molecule has 92 valence electrons. The molecule has 0 aliphatic carbocycles. The van der Waals surface area contributed by atoms with E-state index >= 15 is 0 Å².